The highest BCUT2D eigenvalue weighted by Crippen LogP contribution is 2.23. The van der Waals surface area contributed by atoms with Gasteiger partial charge in [-0.25, -0.2) is 9.37 Å². The summed E-state index contributed by atoms with van der Waals surface area (Å²) in [7, 11) is 0. The summed E-state index contributed by atoms with van der Waals surface area (Å²) in [5.41, 5.74) is 1.04. The Morgan fingerprint density at radius 2 is 1.83 bits per heavy atom. The van der Waals surface area contributed by atoms with Gasteiger partial charge in [0.25, 0.3) is 0 Å². The van der Waals surface area contributed by atoms with Crippen LogP contribution in [0.2, 0.25) is 0 Å². The minimum Gasteiger partial charge on any atom is -0.439 e. The first-order valence-electron chi connectivity index (χ1n) is 5.36. The standard InChI is InChI=1S/C13H12FNO3/c14-11-5-10(8-17)13(15-6-11)18-12-3-1-9(7-16)2-4-12/h1-6,16-17H,7-8H2. The Labute approximate surface area is 103 Å². The van der Waals surface area contributed by atoms with Crippen LogP contribution in [0.3, 0.4) is 0 Å². The lowest BCUT2D eigenvalue weighted by Crippen LogP contribution is -1.96. The second-order valence-corrected chi connectivity index (χ2v) is 3.68. The summed E-state index contributed by atoms with van der Waals surface area (Å²) in [6.45, 7) is -0.397. The van der Waals surface area contributed by atoms with Crippen LogP contribution >= 0.6 is 0 Å². The van der Waals surface area contributed by atoms with Crippen LogP contribution in [0, 0.1) is 5.82 Å². The molecule has 0 fully saturated rings. The van der Waals surface area contributed by atoms with Gasteiger partial charge >= 0.3 is 0 Å². The van der Waals surface area contributed by atoms with Crippen LogP contribution in [0.25, 0.3) is 0 Å². The molecule has 0 amide bonds. The molecule has 0 spiro atoms. The molecule has 2 rings (SSSR count). The van der Waals surface area contributed by atoms with Crippen LogP contribution < -0.4 is 4.74 Å². The highest BCUT2D eigenvalue weighted by molar-refractivity contribution is 5.33. The third-order valence-corrected chi connectivity index (χ3v) is 2.38. The lowest BCUT2D eigenvalue weighted by atomic mass is 10.2. The molecule has 1 heterocycles. The van der Waals surface area contributed by atoms with Crippen molar-refractivity contribution in [2.45, 2.75) is 13.2 Å². The molecule has 2 N–H and O–H groups in total. The Balaban J connectivity index is 2.22. The monoisotopic (exact) mass is 249 g/mol. The number of rotatable bonds is 4. The number of hydrogen-bond acceptors (Lipinski definition) is 4. The smallest absolute Gasteiger partial charge is 0.224 e. The van der Waals surface area contributed by atoms with Crippen molar-refractivity contribution in [3.63, 3.8) is 0 Å². The molecule has 94 valence electrons. The van der Waals surface area contributed by atoms with E-state index in [0.717, 1.165) is 11.8 Å². The first-order chi connectivity index (χ1) is 8.72. The Morgan fingerprint density at radius 3 is 2.44 bits per heavy atom. The van der Waals surface area contributed by atoms with Gasteiger partial charge < -0.3 is 14.9 Å². The van der Waals surface area contributed by atoms with Crippen molar-refractivity contribution in [3.05, 3.63) is 53.5 Å². The van der Waals surface area contributed by atoms with E-state index in [1.165, 1.54) is 6.07 Å². The second-order valence-electron chi connectivity index (χ2n) is 3.68. The average Bonchev–Trinajstić information content (AvgIpc) is 2.41. The SMILES string of the molecule is OCc1ccc(Oc2ncc(F)cc2CO)cc1. The fraction of sp³-hybridized carbons (Fsp3) is 0.154. The normalized spacial score (nSPS) is 10.4. The van der Waals surface area contributed by atoms with Gasteiger partial charge in [0.15, 0.2) is 0 Å². The van der Waals surface area contributed by atoms with Crippen LogP contribution in [-0.4, -0.2) is 15.2 Å². The summed E-state index contributed by atoms with van der Waals surface area (Å²) < 4.78 is 18.4. The predicted octanol–water partition coefficient (Wildman–Crippen LogP) is 2.00. The van der Waals surface area contributed by atoms with Gasteiger partial charge in [0.1, 0.15) is 11.6 Å². The van der Waals surface area contributed by atoms with Gasteiger partial charge in [-0.2, -0.15) is 0 Å². The Morgan fingerprint density at radius 1 is 1.11 bits per heavy atom. The molecule has 0 bridgehead atoms. The summed E-state index contributed by atoms with van der Waals surface area (Å²) >= 11 is 0. The molecule has 5 heteroatoms. The lowest BCUT2D eigenvalue weighted by Gasteiger charge is -2.08. The minimum absolute atomic E-state index is 0.0447. The number of hydrogen-bond donors (Lipinski definition) is 2. The van der Waals surface area contributed by atoms with Crippen molar-refractivity contribution in [1.82, 2.24) is 4.98 Å². The van der Waals surface area contributed by atoms with Crippen LogP contribution in [-0.2, 0) is 13.2 Å². The molecular weight excluding hydrogens is 237 g/mol. The zero-order valence-corrected chi connectivity index (χ0v) is 9.51. The molecule has 2 aromatic rings. The largest absolute Gasteiger partial charge is 0.439 e. The summed E-state index contributed by atoms with van der Waals surface area (Å²) in [4.78, 5) is 3.78. The van der Waals surface area contributed by atoms with E-state index in [1.807, 2.05) is 0 Å². The topological polar surface area (TPSA) is 62.6 Å². The van der Waals surface area contributed by atoms with Crippen molar-refractivity contribution >= 4 is 0 Å². The molecule has 0 unspecified atom stereocenters. The number of aromatic nitrogens is 1. The second kappa shape index (κ2) is 5.57. The number of halogens is 1. The van der Waals surface area contributed by atoms with E-state index in [2.05, 4.69) is 4.98 Å². The number of pyridine rings is 1. The number of ether oxygens (including phenoxy) is 1. The van der Waals surface area contributed by atoms with Gasteiger partial charge in [0, 0.05) is 5.56 Å². The van der Waals surface area contributed by atoms with E-state index in [-0.39, 0.29) is 24.7 Å². The van der Waals surface area contributed by atoms with E-state index in [1.54, 1.807) is 24.3 Å². The minimum atomic E-state index is -0.526. The third kappa shape index (κ3) is 2.82. The predicted molar refractivity (Wildman–Crippen MR) is 62.6 cm³/mol. The number of aliphatic hydroxyl groups excluding tert-OH is 2. The molecule has 0 saturated carbocycles. The van der Waals surface area contributed by atoms with Crippen molar-refractivity contribution in [3.8, 4) is 11.6 Å². The van der Waals surface area contributed by atoms with Gasteiger partial charge in [0.05, 0.1) is 19.4 Å². The molecular formula is C13H12FNO3. The van der Waals surface area contributed by atoms with E-state index in [9.17, 15) is 4.39 Å². The Bertz CT molecular complexity index is 528. The van der Waals surface area contributed by atoms with Crippen molar-refractivity contribution in [2.24, 2.45) is 0 Å². The molecule has 0 saturated heterocycles. The number of nitrogens with zero attached hydrogens (tertiary/aromatic N) is 1. The summed E-state index contributed by atoms with van der Waals surface area (Å²) in [6, 6.07) is 7.91. The number of benzene rings is 1. The molecule has 0 aliphatic rings. The highest BCUT2D eigenvalue weighted by atomic mass is 19.1. The first-order valence-corrected chi connectivity index (χ1v) is 5.36. The maximum absolute atomic E-state index is 12.9. The van der Waals surface area contributed by atoms with E-state index >= 15 is 0 Å². The van der Waals surface area contributed by atoms with Gasteiger partial charge in [0.2, 0.25) is 5.88 Å². The van der Waals surface area contributed by atoms with Gasteiger partial charge in [-0.05, 0) is 23.8 Å². The van der Waals surface area contributed by atoms with E-state index in [4.69, 9.17) is 14.9 Å². The quantitative estimate of drug-likeness (QED) is 0.870. The Hall–Kier alpha value is -1.98. The number of aliphatic hydroxyl groups is 2. The van der Waals surface area contributed by atoms with Crippen LogP contribution in [0.15, 0.2) is 36.5 Å². The maximum Gasteiger partial charge on any atom is 0.224 e. The zero-order valence-electron chi connectivity index (χ0n) is 9.51. The van der Waals surface area contributed by atoms with E-state index in [0.29, 0.717) is 5.75 Å². The fourth-order valence-electron chi connectivity index (χ4n) is 1.45. The highest BCUT2D eigenvalue weighted by Gasteiger charge is 2.07. The zero-order chi connectivity index (χ0) is 13.0. The molecule has 1 aromatic carbocycles. The van der Waals surface area contributed by atoms with Gasteiger partial charge in [-0.3, -0.25) is 0 Å². The average molecular weight is 249 g/mol. The van der Waals surface area contributed by atoms with Crippen molar-refractivity contribution in [2.75, 3.05) is 0 Å². The molecule has 1 aromatic heterocycles. The molecule has 0 aliphatic heterocycles. The molecule has 0 atom stereocenters. The van der Waals surface area contributed by atoms with Crippen LogP contribution in [0.5, 0.6) is 11.6 Å². The molecule has 4 nitrogen and oxygen atoms in total. The fourth-order valence-corrected chi connectivity index (χ4v) is 1.45. The third-order valence-electron chi connectivity index (χ3n) is 2.38. The van der Waals surface area contributed by atoms with Crippen molar-refractivity contribution < 1.29 is 19.3 Å². The lowest BCUT2D eigenvalue weighted by molar-refractivity contribution is 0.274. The van der Waals surface area contributed by atoms with Crippen LogP contribution in [0.4, 0.5) is 4.39 Å². The van der Waals surface area contributed by atoms with E-state index < -0.39 is 5.82 Å². The Kier molecular flexibility index (Phi) is 3.86. The summed E-state index contributed by atoms with van der Waals surface area (Å²) in [6.07, 6.45) is 1.02. The summed E-state index contributed by atoms with van der Waals surface area (Å²) in [5, 5.41) is 18.0. The van der Waals surface area contributed by atoms with Crippen LogP contribution in [0.1, 0.15) is 11.1 Å². The molecule has 0 aliphatic carbocycles. The van der Waals surface area contributed by atoms with Gasteiger partial charge in [-0.15, -0.1) is 0 Å². The van der Waals surface area contributed by atoms with Crippen molar-refractivity contribution in [1.29, 1.82) is 0 Å². The van der Waals surface area contributed by atoms with Gasteiger partial charge in [-0.1, -0.05) is 12.1 Å². The molecule has 18 heavy (non-hydrogen) atoms. The summed E-state index contributed by atoms with van der Waals surface area (Å²) in [5.74, 6) is 0.138. The maximum atomic E-state index is 12.9. The molecule has 0 radical (unpaired) electrons. The first kappa shape index (κ1) is 12.5.